The molecule has 2 aromatic carbocycles. The van der Waals surface area contributed by atoms with E-state index in [0.29, 0.717) is 12.2 Å². The van der Waals surface area contributed by atoms with Crippen molar-refractivity contribution >= 4 is 5.91 Å². The van der Waals surface area contributed by atoms with Crippen LogP contribution in [0.4, 0.5) is 0 Å². The van der Waals surface area contributed by atoms with E-state index in [0.717, 1.165) is 16.9 Å². The highest BCUT2D eigenvalue weighted by molar-refractivity contribution is 5.81. The molecule has 0 bridgehead atoms. The lowest BCUT2D eigenvalue weighted by molar-refractivity contribution is -0.128. The van der Waals surface area contributed by atoms with Gasteiger partial charge in [-0.05, 0) is 62.4 Å². The number of carbonyl (C=O) groups is 1. The molecule has 0 aromatic heterocycles. The summed E-state index contributed by atoms with van der Waals surface area (Å²) in [5.41, 5.74) is 3.14. The second-order valence-corrected chi connectivity index (χ2v) is 9.70. The number of rotatable bonds is 4. The maximum atomic E-state index is 12.9. The average molecular weight is 396 g/mol. The highest BCUT2D eigenvalue weighted by Crippen LogP contribution is 2.40. The fraction of sp³-hybridized carbons (Fsp3) is 0.480. The number of hydrogen-bond donors (Lipinski definition) is 1. The summed E-state index contributed by atoms with van der Waals surface area (Å²) in [4.78, 5) is 12.9. The van der Waals surface area contributed by atoms with Crippen molar-refractivity contribution in [2.75, 3.05) is 0 Å². The first-order chi connectivity index (χ1) is 13.4. The Balaban J connectivity index is 1.70. The van der Waals surface area contributed by atoms with E-state index in [1.807, 2.05) is 45.0 Å². The van der Waals surface area contributed by atoms with Gasteiger partial charge in [-0.3, -0.25) is 4.79 Å². The Kier molecular flexibility index (Phi) is 5.66. The van der Waals surface area contributed by atoms with E-state index in [1.54, 1.807) is 6.92 Å². The summed E-state index contributed by atoms with van der Waals surface area (Å²) in [7, 11) is 0. The molecule has 0 unspecified atom stereocenters. The van der Waals surface area contributed by atoms with Crippen molar-refractivity contribution in [3.63, 3.8) is 0 Å². The zero-order valence-electron chi connectivity index (χ0n) is 18.6. The Morgan fingerprint density at radius 2 is 1.83 bits per heavy atom. The van der Waals surface area contributed by atoms with Gasteiger partial charge in [0.05, 0.1) is 6.04 Å². The Morgan fingerprint density at radius 1 is 1.17 bits per heavy atom. The molecular weight excluding hydrogens is 362 g/mol. The number of amides is 1. The van der Waals surface area contributed by atoms with Crippen molar-refractivity contribution in [1.29, 1.82) is 0 Å². The zero-order valence-corrected chi connectivity index (χ0v) is 18.6. The maximum absolute atomic E-state index is 12.9. The molecule has 0 spiro atoms. The summed E-state index contributed by atoms with van der Waals surface area (Å²) in [6.45, 7) is 14.4. The minimum atomic E-state index is -0.588. The number of aryl methyl sites for hydroxylation is 1. The van der Waals surface area contributed by atoms with Gasteiger partial charge in [0.1, 0.15) is 17.1 Å². The summed E-state index contributed by atoms with van der Waals surface area (Å²) in [6.07, 6.45) is 0.122. The van der Waals surface area contributed by atoms with Gasteiger partial charge < -0.3 is 14.8 Å². The third-order valence-electron chi connectivity index (χ3n) is 5.35. The summed E-state index contributed by atoms with van der Waals surface area (Å²) in [5, 5.41) is 3.16. The molecule has 1 aliphatic heterocycles. The van der Waals surface area contributed by atoms with Crippen LogP contribution in [-0.4, -0.2) is 17.6 Å². The number of ether oxygens (including phenoxy) is 2. The van der Waals surface area contributed by atoms with E-state index >= 15 is 0 Å². The maximum Gasteiger partial charge on any atom is 0.261 e. The standard InChI is InChI=1S/C25H33NO3/c1-16-8-13-20-21(15-25(6,7)29-22(20)14-16)26-23(27)17(2)28-19-11-9-18(10-12-19)24(3,4)5/h8-14,17,21H,15H2,1-7H3,(H,26,27)/t17-,21-/m1/s1. The van der Waals surface area contributed by atoms with Gasteiger partial charge in [-0.15, -0.1) is 0 Å². The van der Waals surface area contributed by atoms with Gasteiger partial charge >= 0.3 is 0 Å². The molecule has 1 amide bonds. The summed E-state index contributed by atoms with van der Waals surface area (Å²) in [5.74, 6) is 1.42. The van der Waals surface area contributed by atoms with Crippen LogP contribution in [0.1, 0.15) is 70.7 Å². The molecule has 29 heavy (non-hydrogen) atoms. The van der Waals surface area contributed by atoms with Crippen LogP contribution >= 0.6 is 0 Å². The van der Waals surface area contributed by atoms with E-state index < -0.39 is 6.10 Å². The Bertz CT molecular complexity index is 878. The van der Waals surface area contributed by atoms with Gasteiger partial charge in [0, 0.05) is 12.0 Å². The fourth-order valence-electron chi connectivity index (χ4n) is 3.67. The first-order valence-electron chi connectivity index (χ1n) is 10.3. The highest BCUT2D eigenvalue weighted by Gasteiger charge is 2.35. The molecule has 1 N–H and O–H groups in total. The zero-order chi connectivity index (χ0) is 21.4. The largest absolute Gasteiger partial charge is 0.487 e. The molecule has 2 atom stereocenters. The summed E-state index contributed by atoms with van der Waals surface area (Å²) in [6, 6.07) is 14.0. The fourth-order valence-corrected chi connectivity index (χ4v) is 3.67. The lowest BCUT2D eigenvalue weighted by atomic mass is 9.87. The van der Waals surface area contributed by atoms with Gasteiger partial charge in [-0.2, -0.15) is 0 Å². The minimum absolute atomic E-state index is 0.0864. The van der Waals surface area contributed by atoms with E-state index in [9.17, 15) is 4.79 Å². The van der Waals surface area contributed by atoms with Gasteiger partial charge in [-0.1, -0.05) is 45.0 Å². The first kappa shape index (κ1) is 21.2. The van der Waals surface area contributed by atoms with Crippen LogP contribution in [-0.2, 0) is 10.2 Å². The molecule has 3 rings (SSSR count). The monoisotopic (exact) mass is 395 g/mol. The number of benzene rings is 2. The van der Waals surface area contributed by atoms with Crippen LogP contribution < -0.4 is 14.8 Å². The molecule has 1 heterocycles. The molecule has 0 saturated carbocycles. The number of hydrogen-bond acceptors (Lipinski definition) is 3. The van der Waals surface area contributed by atoms with Crippen molar-refractivity contribution in [2.45, 2.75) is 78.0 Å². The van der Waals surface area contributed by atoms with E-state index in [4.69, 9.17) is 9.47 Å². The predicted octanol–water partition coefficient (Wildman–Crippen LogP) is 5.48. The summed E-state index contributed by atoms with van der Waals surface area (Å²) >= 11 is 0. The molecular formula is C25H33NO3. The topological polar surface area (TPSA) is 47.6 Å². The molecule has 0 saturated heterocycles. The Labute approximate surface area is 174 Å². The molecule has 0 aliphatic carbocycles. The highest BCUT2D eigenvalue weighted by atomic mass is 16.5. The second-order valence-electron chi connectivity index (χ2n) is 9.70. The number of nitrogens with one attached hydrogen (secondary N) is 1. The smallest absolute Gasteiger partial charge is 0.261 e. The van der Waals surface area contributed by atoms with Crippen LogP contribution in [0.15, 0.2) is 42.5 Å². The average Bonchev–Trinajstić information content (AvgIpc) is 2.59. The van der Waals surface area contributed by atoms with Crippen LogP contribution in [0.2, 0.25) is 0 Å². The number of carbonyl (C=O) groups excluding carboxylic acids is 1. The first-order valence-corrected chi connectivity index (χ1v) is 10.3. The van der Waals surface area contributed by atoms with Crippen molar-refractivity contribution in [3.8, 4) is 11.5 Å². The molecule has 1 aliphatic rings. The third kappa shape index (κ3) is 5.11. The minimum Gasteiger partial charge on any atom is -0.487 e. The van der Waals surface area contributed by atoms with Crippen molar-refractivity contribution in [1.82, 2.24) is 5.32 Å². The summed E-state index contributed by atoms with van der Waals surface area (Å²) < 4.78 is 12.0. The predicted molar refractivity (Wildman–Crippen MR) is 117 cm³/mol. The molecule has 0 fully saturated rings. The van der Waals surface area contributed by atoms with Crippen LogP contribution in [0.25, 0.3) is 0 Å². The molecule has 4 heteroatoms. The molecule has 156 valence electrons. The SMILES string of the molecule is Cc1ccc2c(c1)OC(C)(C)C[C@H]2NC(=O)[C@@H](C)Oc1ccc(C(C)(C)C)cc1. The van der Waals surface area contributed by atoms with Crippen LogP contribution in [0.5, 0.6) is 11.5 Å². The van der Waals surface area contributed by atoms with Gasteiger partial charge in [0.25, 0.3) is 5.91 Å². The van der Waals surface area contributed by atoms with Gasteiger partial charge in [0.2, 0.25) is 0 Å². The van der Waals surface area contributed by atoms with Crippen LogP contribution in [0, 0.1) is 6.92 Å². The number of fused-ring (bicyclic) bond motifs is 1. The van der Waals surface area contributed by atoms with Crippen molar-refractivity contribution < 1.29 is 14.3 Å². The Morgan fingerprint density at radius 3 is 2.45 bits per heavy atom. The quantitative estimate of drug-likeness (QED) is 0.746. The molecule has 0 radical (unpaired) electrons. The molecule has 2 aromatic rings. The Hall–Kier alpha value is -2.49. The van der Waals surface area contributed by atoms with Crippen LogP contribution in [0.3, 0.4) is 0 Å². The second kappa shape index (κ2) is 7.74. The lowest BCUT2D eigenvalue weighted by Gasteiger charge is -2.38. The third-order valence-corrected chi connectivity index (χ3v) is 5.35. The lowest BCUT2D eigenvalue weighted by Crippen LogP contribution is -2.44. The molecule has 4 nitrogen and oxygen atoms in total. The van der Waals surface area contributed by atoms with E-state index in [-0.39, 0.29) is 23.0 Å². The van der Waals surface area contributed by atoms with Gasteiger partial charge in [-0.25, -0.2) is 0 Å². The van der Waals surface area contributed by atoms with Crippen molar-refractivity contribution in [2.24, 2.45) is 0 Å². The normalized spacial score (nSPS) is 18.9. The van der Waals surface area contributed by atoms with E-state index in [1.165, 1.54) is 5.56 Å². The van der Waals surface area contributed by atoms with Gasteiger partial charge in [0.15, 0.2) is 6.10 Å². The van der Waals surface area contributed by atoms with E-state index in [2.05, 4.69) is 44.3 Å². The van der Waals surface area contributed by atoms with Crippen molar-refractivity contribution in [3.05, 3.63) is 59.2 Å².